The van der Waals surface area contributed by atoms with E-state index in [0.717, 1.165) is 0 Å². The van der Waals surface area contributed by atoms with E-state index < -0.39 is 93.8 Å². The van der Waals surface area contributed by atoms with Crippen molar-refractivity contribution in [3.05, 3.63) is 39.9 Å². The Morgan fingerprint density at radius 3 is 1.58 bits per heavy atom. The van der Waals surface area contributed by atoms with Gasteiger partial charge in [0, 0.05) is 12.1 Å². The molecule has 1 aliphatic rings. The van der Waals surface area contributed by atoms with E-state index in [1.807, 2.05) is 0 Å². The SMILES string of the molecule is CC(C)(C)C(=O)OC[C@H]1O[C@@H](N[C@@H](C#N)c2ccc([N+](=O)[O-])cc2)[C@H](OC(=O)C(C)(C)C)[C@@H](OC(=O)C(C)(C)C)[C@@H]1OC(=O)C(C)(C)C. The average Bonchev–Trinajstić information content (AvgIpc) is 2.95. The van der Waals surface area contributed by atoms with Crippen molar-refractivity contribution in [1.29, 1.82) is 5.26 Å². The number of ether oxygens (including phenoxy) is 5. The number of benzene rings is 1. The minimum atomic E-state index is -1.50. The van der Waals surface area contributed by atoms with Crippen molar-refractivity contribution in [2.75, 3.05) is 6.61 Å². The highest BCUT2D eigenvalue weighted by molar-refractivity contribution is 5.78. The maximum absolute atomic E-state index is 13.4. The van der Waals surface area contributed by atoms with Crippen molar-refractivity contribution in [1.82, 2.24) is 5.32 Å². The Balaban J connectivity index is 2.76. The molecule has 266 valence electrons. The number of hydrogen-bond acceptors (Lipinski definition) is 13. The molecule has 1 aromatic rings. The Kier molecular flexibility index (Phi) is 12.5. The van der Waals surface area contributed by atoms with E-state index in [0.29, 0.717) is 5.56 Å². The lowest BCUT2D eigenvalue weighted by Crippen LogP contribution is -2.66. The van der Waals surface area contributed by atoms with Crippen LogP contribution in [-0.2, 0) is 42.9 Å². The number of carbonyl (C=O) groups is 4. The van der Waals surface area contributed by atoms with E-state index in [9.17, 15) is 34.6 Å². The largest absolute Gasteiger partial charge is 0.462 e. The second-order valence-electron chi connectivity index (χ2n) is 15.9. The molecule has 0 spiro atoms. The molecule has 0 radical (unpaired) electrons. The van der Waals surface area contributed by atoms with E-state index >= 15 is 0 Å². The van der Waals surface area contributed by atoms with Crippen molar-refractivity contribution in [2.45, 2.75) is 120 Å². The van der Waals surface area contributed by atoms with E-state index in [1.165, 1.54) is 24.3 Å². The molecule has 48 heavy (non-hydrogen) atoms. The second-order valence-corrected chi connectivity index (χ2v) is 15.9. The van der Waals surface area contributed by atoms with Gasteiger partial charge in [0.15, 0.2) is 24.5 Å². The predicted octanol–water partition coefficient (Wildman–Crippen LogP) is 4.94. The number of non-ortho nitro benzene ring substituents is 1. The summed E-state index contributed by atoms with van der Waals surface area (Å²) in [4.78, 5) is 63.6. The normalized spacial score (nSPS) is 22.4. The van der Waals surface area contributed by atoms with Gasteiger partial charge in [0.25, 0.3) is 5.69 Å². The van der Waals surface area contributed by atoms with Crippen LogP contribution in [0.15, 0.2) is 24.3 Å². The van der Waals surface area contributed by atoms with E-state index in [-0.39, 0.29) is 5.69 Å². The first-order valence-electron chi connectivity index (χ1n) is 15.6. The van der Waals surface area contributed by atoms with Gasteiger partial charge in [0.2, 0.25) is 0 Å². The zero-order valence-electron chi connectivity index (χ0n) is 29.9. The van der Waals surface area contributed by atoms with Crippen molar-refractivity contribution < 1.29 is 47.8 Å². The maximum atomic E-state index is 13.4. The molecule has 1 N–H and O–H groups in total. The molecule has 0 bridgehead atoms. The van der Waals surface area contributed by atoms with Gasteiger partial charge in [-0.25, -0.2) is 0 Å². The first-order chi connectivity index (χ1) is 21.8. The molecule has 14 heteroatoms. The van der Waals surface area contributed by atoms with Crippen molar-refractivity contribution in [2.24, 2.45) is 21.7 Å². The molecule has 0 aliphatic carbocycles. The first kappa shape index (κ1) is 40.1. The number of hydrogen-bond donors (Lipinski definition) is 1. The summed E-state index contributed by atoms with van der Waals surface area (Å²) in [5.74, 6) is -2.74. The fourth-order valence-electron chi connectivity index (χ4n) is 4.02. The van der Waals surface area contributed by atoms with Crippen LogP contribution in [0.4, 0.5) is 5.69 Å². The van der Waals surface area contributed by atoms with Crippen molar-refractivity contribution in [3.8, 4) is 6.07 Å². The zero-order chi connectivity index (χ0) is 37.0. The Morgan fingerprint density at radius 1 is 0.771 bits per heavy atom. The lowest BCUT2D eigenvalue weighted by atomic mass is 9.92. The number of rotatable bonds is 9. The van der Waals surface area contributed by atoms with Crippen LogP contribution in [0, 0.1) is 43.1 Å². The molecule has 1 aliphatic heterocycles. The second kappa shape index (κ2) is 15.0. The van der Waals surface area contributed by atoms with Gasteiger partial charge in [0.05, 0.1) is 32.7 Å². The summed E-state index contributed by atoms with van der Waals surface area (Å²) in [6.07, 6.45) is -7.12. The molecule has 1 fully saturated rings. The fourth-order valence-corrected chi connectivity index (χ4v) is 4.02. The summed E-state index contributed by atoms with van der Waals surface area (Å²) in [6.45, 7) is 19.0. The minimum absolute atomic E-state index is 0.195. The smallest absolute Gasteiger partial charge is 0.311 e. The van der Waals surface area contributed by atoms with Gasteiger partial charge < -0.3 is 23.7 Å². The average molecular weight is 676 g/mol. The number of nitro benzene ring substituents is 1. The summed E-state index contributed by atoms with van der Waals surface area (Å²) < 4.78 is 29.8. The van der Waals surface area contributed by atoms with Crippen LogP contribution in [0.2, 0.25) is 0 Å². The van der Waals surface area contributed by atoms with E-state index in [4.69, 9.17) is 23.7 Å². The van der Waals surface area contributed by atoms with Crippen LogP contribution in [-0.4, -0.2) is 66.1 Å². The van der Waals surface area contributed by atoms with Crippen LogP contribution >= 0.6 is 0 Å². The Labute approximate surface area is 281 Å². The van der Waals surface area contributed by atoms with Crippen LogP contribution in [0.5, 0.6) is 0 Å². The van der Waals surface area contributed by atoms with Gasteiger partial charge >= 0.3 is 23.9 Å². The summed E-state index contributed by atoms with van der Waals surface area (Å²) in [5, 5.41) is 24.3. The van der Waals surface area contributed by atoms with Gasteiger partial charge in [-0.15, -0.1) is 0 Å². The standard InChI is InChI=1S/C34H49N3O11/c1-31(2,3)27(38)44-18-22-23(46-28(39)32(4,5)6)24(47-29(40)33(7,8)9)25(48-30(41)34(10,11)12)26(45-22)36-21(17-35)19-13-15-20(16-14-19)37(42)43/h13-16,21-26,36H,18H2,1-12H3/t21-,22+,23+,24-,25+,26+/m0/s1. The van der Waals surface area contributed by atoms with Crippen LogP contribution in [0.1, 0.15) is 94.7 Å². The van der Waals surface area contributed by atoms with Gasteiger partial charge in [0.1, 0.15) is 18.8 Å². The van der Waals surface area contributed by atoms with Gasteiger partial charge in [-0.2, -0.15) is 5.26 Å². The topological polar surface area (TPSA) is 193 Å². The molecule has 0 unspecified atom stereocenters. The molecule has 6 atom stereocenters. The van der Waals surface area contributed by atoms with Gasteiger partial charge in [-0.3, -0.25) is 34.6 Å². The number of nitriles is 1. The molecule has 1 aromatic carbocycles. The number of carbonyl (C=O) groups excluding carboxylic acids is 4. The number of esters is 4. The number of nitro groups is 1. The zero-order valence-corrected chi connectivity index (χ0v) is 29.9. The molecule has 1 heterocycles. The highest BCUT2D eigenvalue weighted by Crippen LogP contribution is 2.34. The summed E-state index contributed by atoms with van der Waals surface area (Å²) >= 11 is 0. The molecule has 0 amide bonds. The molecule has 1 saturated heterocycles. The Bertz CT molecular complexity index is 1390. The maximum Gasteiger partial charge on any atom is 0.311 e. The van der Waals surface area contributed by atoms with Crippen LogP contribution < -0.4 is 5.32 Å². The Hall–Kier alpha value is -4.09. The summed E-state index contributed by atoms with van der Waals surface area (Å²) in [7, 11) is 0. The fraction of sp³-hybridized carbons (Fsp3) is 0.676. The lowest BCUT2D eigenvalue weighted by Gasteiger charge is -2.46. The molecule has 2 rings (SSSR count). The molecule has 0 saturated carbocycles. The third kappa shape index (κ3) is 10.7. The number of nitrogens with one attached hydrogen (secondary N) is 1. The third-order valence-electron chi connectivity index (χ3n) is 7.09. The lowest BCUT2D eigenvalue weighted by molar-refractivity contribution is -0.384. The summed E-state index contributed by atoms with van der Waals surface area (Å²) in [5.41, 5.74) is -3.92. The first-order valence-corrected chi connectivity index (χ1v) is 15.6. The van der Waals surface area contributed by atoms with E-state index in [2.05, 4.69) is 11.4 Å². The third-order valence-corrected chi connectivity index (χ3v) is 7.09. The highest BCUT2D eigenvalue weighted by Gasteiger charge is 2.55. The van der Waals surface area contributed by atoms with Crippen molar-refractivity contribution in [3.63, 3.8) is 0 Å². The van der Waals surface area contributed by atoms with Gasteiger partial charge in [-0.05, 0) is 101 Å². The Morgan fingerprint density at radius 2 is 1.19 bits per heavy atom. The molecule has 0 aromatic heterocycles. The highest BCUT2D eigenvalue weighted by atomic mass is 16.7. The van der Waals surface area contributed by atoms with E-state index in [1.54, 1.807) is 83.1 Å². The quantitative estimate of drug-likeness (QED) is 0.160. The molecular weight excluding hydrogens is 626 g/mol. The van der Waals surface area contributed by atoms with Crippen LogP contribution in [0.25, 0.3) is 0 Å². The van der Waals surface area contributed by atoms with Crippen LogP contribution in [0.3, 0.4) is 0 Å². The monoisotopic (exact) mass is 675 g/mol. The minimum Gasteiger partial charge on any atom is -0.462 e. The van der Waals surface area contributed by atoms with Gasteiger partial charge in [-0.1, -0.05) is 0 Å². The molecule has 14 nitrogen and oxygen atoms in total. The molecular formula is C34H49N3O11. The predicted molar refractivity (Wildman–Crippen MR) is 172 cm³/mol. The van der Waals surface area contributed by atoms with Crippen molar-refractivity contribution >= 4 is 29.6 Å². The number of nitrogens with zero attached hydrogens (tertiary/aromatic N) is 2. The summed E-state index contributed by atoms with van der Waals surface area (Å²) in [6, 6.07) is 6.10.